The van der Waals surface area contributed by atoms with Crippen molar-refractivity contribution in [2.75, 3.05) is 13.1 Å². The molecule has 1 saturated carbocycles. The van der Waals surface area contributed by atoms with Gasteiger partial charge in [-0.15, -0.1) is 0 Å². The number of nitrogens with zero attached hydrogens (tertiary/aromatic N) is 1. The first-order valence-corrected chi connectivity index (χ1v) is 7.65. The third-order valence-corrected chi connectivity index (χ3v) is 3.21. The topological polar surface area (TPSA) is 65.5 Å². The summed E-state index contributed by atoms with van der Waals surface area (Å²) in [7, 11) is 0. The molecule has 0 aliphatic heterocycles. The van der Waals surface area contributed by atoms with Gasteiger partial charge in [0, 0.05) is 24.7 Å². The van der Waals surface area contributed by atoms with Gasteiger partial charge >= 0.3 is 0 Å². The fraction of sp³-hybridized carbons (Fsp3) is 0.500. The summed E-state index contributed by atoms with van der Waals surface area (Å²) >= 11 is 0. The molecule has 1 aliphatic rings. The van der Waals surface area contributed by atoms with Crippen LogP contribution in [0.3, 0.4) is 0 Å². The Morgan fingerprint density at radius 2 is 2.00 bits per heavy atom. The van der Waals surface area contributed by atoms with E-state index >= 15 is 0 Å². The van der Waals surface area contributed by atoms with Gasteiger partial charge in [0.1, 0.15) is 0 Å². The summed E-state index contributed by atoms with van der Waals surface area (Å²) in [4.78, 5) is 16.4. The fourth-order valence-electron chi connectivity index (χ4n) is 1.98. The first kappa shape index (κ1) is 15.4. The van der Waals surface area contributed by atoms with Crippen molar-refractivity contribution in [2.45, 2.75) is 39.3 Å². The maximum atomic E-state index is 11.8. The second kappa shape index (κ2) is 7.67. The van der Waals surface area contributed by atoms with Crippen LogP contribution >= 0.6 is 0 Å². The van der Waals surface area contributed by atoms with Crippen molar-refractivity contribution in [3.05, 3.63) is 35.4 Å². The van der Waals surface area contributed by atoms with Gasteiger partial charge in [-0.25, -0.2) is 4.99 Å². The smallest absolute Gasteiger partial charge is 0.251 e. The summed E-state index contributed by atoms with van der Waals surface area (Å²) in [5.74, 6) is 0.815. The normalized spacial score (nSPS) is 14.7. The summed E-state index contributed by atoms with van der Waals surface area (Å²) in [5.41, 5.74) is 1.72. The maximum Gasteiger partial charge on any atom is 0.251 e. The summed E-state index contributed by atoms with van der Waals surface area (Å²) in [6, 6.07) is 8.19. The van der Waals surface area contributed by atoms with E-state index in [1.165, 1.54) is 12.8 Å². The third kappa shape index (κ3) is 5.10. The van der Waals surface area contributed by atoms with Crippen LogP contribution in [0.25, 0.3) is 0 Å². The van der Waals surface area contributed by atoms with E-state index in [4.69, 9.17) is 0 Å². The fourth-order valence-corrected chi connectivity index (χ4v) is 1.98. The highest BCUT2D eigenvalue weighted by Crippen LogP contribution is 2.18. The molecule has 1 aliphatic carbocycles. The quantitative estimate of drug-likeness (QED) is 0.551. The summed E-state index contributed by atoms with van der Waals surface area (Å²) in [6.45, 7) is 6.02. The van der Waals surface area contributed by atoms with Crippen LogP contribution in [0.5, 0.6) is 0 Å². The molecule has 2 rings (SSSR count). The number of rotatable bonds is 6. The molecule has 0 bridgehead atoms. The van der Waals surface area contributed by atoms with Crippen LogP contribution in [0.4, 0.5) is 0 Å². The minimum Gasteiger partial charge on any atom is -0.357 e. The highest BCUT2D eigenvalue weighted by molar-refractivity contribution is 5.94. The van der Waals surface area contributed by atoms with E-state index in [1.54, 1.807) is 0 Å². The molecule has 1 fully saturated rings. The van der Waals surface area contributed by atoms with E-state index in [9.17, 15) is 4.79 Å². The number of nitrogens with one attached hydrogen (secondary N) is 3. The minimum absolute atomic E-state index is 0.0358. The van der Waals surface area contributed by atoms with Gasteiger partial charge in [-0.1, -0.05) is 12.1 Å². The zero-order valence-electron chi connectivity index (χ0n) is 12.8. The Hall–Kier alpha value is -2.04. The highest BCUT2D eigenvalue weighted by atomic mass is 16.1. The molecule has 0 heterocycles. The Morgan fingerprint density at radius 3 is 2.67 bits per heavy atom. The van der Waals surface area contributed by atoms with Crippen molar-refractivity contribution in [2.24, 2.45) is 4.99 Å². The monoisotopic (exact) mass is 288 g/mol. The number of aliphatic imine (C=N–C) groups is 1. The van der Waals surface area contributed by atoms with Crippen LogP contribution in [0.1, 0.15) is 42.6 Å². The Labute approximate surface area is 126 Å². The van der Waals surface area contributed by atoms with Crippen LogP contribution in [-0.2, 0) is 6.54 Å². The number of carbonyl (C=O) groups excluding carboxylic acids is 1. The van der Waals surface area contributed by atoms with Gasteiger partial charge in [0.15, 0.2) is 5.96 Å². The lowest BCUT2D eigenvalue weighted by Gasteiger charge is -2.10. The predicted octanol–water partition coefficient (Wildman–Crippen LogP) is 1.65. The van der Waals surface area contributed by atoms with E-state index in [-0.39, 0.29) is 5.91 Å². The molecular formula is C16H24N4O. The average molecular weight is 288 g/mol. The molecule has 114 valence electrons. The van der Waals surface area contributed by atoms with Crippen molar-refractivity contribution in [1.82, 2.24) is 16.0 Å². The molecule has 3 N–H and O–H groups in total. The first-order chi connectivity index (χ1) is 10.2. The molecule has 1 aromatic carbocycles. The average Bonchev–Trinajstić information content (AvgIpc) is 3.30. The van der Waals surface area contributed by atoms with E-state index < -0.39 is 0 Å². The second-order valence-corrected chi connectivity index (χ2v) is 5.17. The molecule has 1 aromatic rings. The van der Waals surface area contributed by atoms with Gasteiger partial charge < -0.3 is 16.0 Å². The first-order valence-electron chi connectivity index (χ1n) is 7.65. The molecular weight excluding hydrogens is 264 g/mol. The Balaban J connectivity index is 2.00. The van der Waals surface area contributed by atoms with Crippen LogP contribution in [-0.4, -0.2) is 31.0 Å². The van der Waals surface area contributed by atoms with Gasteiger partial charge in [-0.3, -0.25) is 4.79 Å². The summed E-state index contributed by atoms with van der Waals surface area (Å²) < 4.78 is 0. The molecule has 21 heavy (non-hydrogen) atoms. The van der Waals surface area contributed by atoms with E-state index in [0.29, 0.717) is 24.7 Å². The largest absolute Gasteiger partial charge is 0.357 e. The number of amides is 1. The lowest BCUT2D eigenvalue weighted by molar-refractivity contribution is 0.0955. The van der Waals surface area contributed by atoms with Crippen LogP contribution < -0.4 is 16.0 Å². The van der Waals surface area contributed by atoms with Crippen LogP contribution in [0, 0.1) is 0 Å². The number of hydrogen-bond acceptors (Lipinski definition) is 2. The zero-order valence-corrected chi connectivity index (χ0v) is 12.8. The van der Waals surface area contributed by atoms with Gasteiger partial charge in [0.25, 0.3) is 5.91 Å². The van der Waals surface area contributed by atoms with Gasteiger partial charge in [-0.2, -0.15) is 0 Å². The molecule has 0 saturated heterocycles. The molecule has 5 heteroatoms. The Kier molecular flexibility index (Phi) is 5.60. The molecule has 0 atom stereocenters. The number of carbonyl (C=O) groups is 1. The summed E-state index contributed by atoms with van der Waals surface area (Å²) in [6.07, 6.45) is 2.44. The maximum absolute atomic E-state index is 11.8. The standard InChI is InChI=1S/C16H24N4O/c1-3-17-15(21)13-7-5-6-12(10-13)11-19-16(18-4-2)20-14-8-9-14/h5-7,10,14H,3-4,8-9,11H2,1-2H3,(H,17,21)(H2,18,19,20). The molecule has 0 spiro atoms. The van der Waals surface area contributed by atoms with Crippen molar-refractivity contribution in [3.8, 4) is 0 Å². The van der Waals surface area contributed by atoms with Crippen molar-refractivity contribution >= 4 is 11.9 Å². The number of benzene rings is 1. The number of guanidine groups is 1. The molecule has 5 nitrogen and oxygen atoms in total. The van der Waals surface area contributed by atoms with Gasteiger partial charge in [0.05, 0.1) is 6.54 Å². The van der Waals surface area contributed by atoms with E-state index in [1.807, 2.05) is 31.2 Å². The highest BCUT2D eigenvalue weighted by Gasteiger charge is 2.22. The Morgan fingerprint density at radius 1 is 1.24 bits per heavy atom. The molecule has 0 radical (unpaired) electrons. The van der Waals surface area contributed by atoms with Crippen LogP contribution in [0.15, 0.2) is 29.3 Å². The van der Waals surface area contributed by atoms with Crippen molar-refractivity contribution in [3.63, 3.8) is 0 Å². The van der Waals surface area contributed by atoms with E-state index in [2.05, 4.69) is 27.9 Å². The summed E-state index contributed by atoms with van der Waals surface area (Å²) in [5, 5.41) is 9.43. The Bertz CT molecular complexity index is 509. The third-order valence-electron chi connectivity index (χ3n) is 3.21. The lowest BCUT2D eigenvalue weighted by Crippen LogP contribution is -2.38. The molecule has 0 unspecified atom stereocenters. The molecule has 0 aromatic heterocycles. The predicted molar refractivity (Wildman–Crippen MR) is 85.4 cm³/mol. The van der Waals surface area contributed by atoms with Gasteiger partial charge in [0.2, 0.25) is 0 Å². The number of hydrogen-bond donors (Lipinski definition) is 3. The van der Waals surface area contributed by atoms with Crippen molar-refractivity contribution < 1.29 is 4.79 Å². The second-order valence-electron chi connectivity index (χ2n) is 5.17. The van der Waals surface area contributed by atoms with Crippen LogP contribution in [0.2, 0.25) is 0 Å². The molecule has 1 amide bonds. The SMILES string of the molecule is CCNC(=O)c1cccc(CN=C(NCC)NC2CC2)c1. The minimum atomic E-state index is -0.0358. The lowest BCUT2D eigenvalue weighted by atomic mass is 10.1. The van der Waals surface area contributed by atoms with E-state index in [0.717, 1.165) is 18.1 Å². The van der Waals surface area contributed by atoms with Crippen molar-refractivity contribution in [1.29, 1.82) is 0 Å². The zero-order chi connectivity index (χ0) is 15.1. The van der Waals surface area contributed by atoms with Gasteiger partial charge in [-0.05, 0) is 44.4 Å².